The van der Waals surface area contributed by atoms with Gasteiger partial charge in [-0.1, -0.05) is 23.2 Å². The van der Waals surface area contributed by atoms with E-state index in [2.05, 4.69) is 0 Å². The summed E-state index contributed by atoms with van der Waals surface area (Å²) < 4.78 is 40.7. The number of hydrogen-bond acceptors (Lipinski definition) is 12. The lowest BCUT2D eigenvalue weighted by atomic mass is 9.97. The average Bonchev–Trinajstić information content (AvgIpc) is 3.21. The largest absolute Gasteiger partial charge is 0.463 e. The fraction of sp³-hybridized carbons (Fsp3) is 0.444. The Morgan fingerprint density at radius 1 is 0.929 bits per heavy atom. The topological polar surface area (TPSA) is 159 Å². The molecular weight excluding hydrogens is 601 g/mol. The van der Waals surface area contributed by atoms with Crippen LogP contribution in [-0.4, -0.2) is 66.6 Å². The maximum atomic E-state index is 13.8. The molecule has 42 heavy (non-hydrogen) atoms. The van der Waals surface area contributed by atoms with Gasteiger partial charge in [0.2, 0.25) is 11.1 Å². The van der Waals surface area contributed by atoms with Crippen LogP contribution in [0.3, 0.4) is 0 Å². The van der Waals surface area contributed by atoms with Crippen molar-refractivity contribution in [1.29, 1.82) is 0 Å². The summed E-state index contributed by atoms with van der Waals surface area (Å²) in [5.74, 6) is -2.99. The molecule has 2 aromatic heterocycles. The molecule has 1 saturated heterocycles. The Bertz CT molecular complexity index is 1640. The average molecular weight is 628 g/mol. The summed E-state index contributed by atoms with van der Waals surface area (Å²) in [6.45, 7) is 5.94. The molecule has 0 N–H and O–H groups in total. The zero-order valence-electron chi connectivity index (χ0n) is 23.4. The Balaban J connectivity index is 2.00. The summed E-state index contributed by atoms with van der Waals surface area (Å²) in [6, 6.07) is 2.74. The summed E-state index contributed by atoms with van der Waals surface area (Å²) in [6.07, 6.45) is -6.14. The number of methoxy groups -OCH3 is 1. The predicted molar refractivity (Wildman–Crippen MR) is 146 cm³/mol. The number of carbonyl (C=O) groups excluding carboxylic acids is 4. The highest BCUT2D eigenvalue weighted by Crippen LogP contribution is 2.41. The van der Waals surface area contributed by atoms with E-state index in [1.54, 1.807) is 6.92 Å². The smallest absolute Gasteiger partial charge is 0.308 e. The molecule has 4 rings (SSSR count). The van der Waals surface area contributed by atoms with Crippen LogP contribution in [0.1, 0.15) is 39.5 Å². The minimum atomic E-state index is -1.38. The standard InChI is InChI=1S/C27H27Cl2NO12/c1-10-7-16(28)22(38-12(3)32)19-20(35)15-8-18(29)30(26(15)42-21(10)19)27-25(40-14(5)34)24(39-13(4)33)23(36-6)17(41-27)9-37-11(2)31/h7-8,17,23-25,27H,9H2,1-6H3/t17-,23-,24+,25-,27-/m1/s1. The molecule has 0 bridgehead atoms. The summed E-state index contributed by atoms with van der Waals surface area (Å²) in [5, 5.41) is -0.226. The Hall–Kier alpha value is -3.65. The van der Waals surface area contributed by atoms with Crippen molar-refractivity contribution in [2.24, 2.45) is 0 Å². The zero-order valence-corrected chi connectivity index (χ0v) is 24.9. The van der Waals surface area contributed by atoms with Crippen LogP contribution in [0.5, 0.6) is 5.75 Å². The molecule has 5 atom stereocenters. The van der Waals surface area contributed by atoms with Gasteiger partial charge in [0.15, 0.2) is 24.2 Å². The fourth-order valence-corrected chi connectivity index (χ4v) is 5.48. The third kappa shape index (κ3) is 5.95. The van der Waals surface area contributed by atoms with Crippen LogP contribution >= 0.6 is 23.2 Å². The van der Waals surface area contributed by atoms with Gasteiger partial charge in [-0.15, -0.1) is 0 Å². The second-order valence-corrected chi connectivity index (χ2v) is 10.3. The SMILES string of the molecule is CO[C@H]1[C@H](OC(C)=O)[C@@H](OC(C)=O)[C@H](n2c(Cl)cc3c(=O)c4c(OC(C)=O)c(Cl)cc(C)c4oc32)O[C@@H]1COC(C)=O. The van der Waals surface area contributed by atoms with Gasteiger partial charge in [-0.3, -0.25) is 28.5 Å². The van der Waals surface area contributed by atoms with Gasteiger partial charge in [-0.05, 0) is 24.6 Å². The van der Waals surface area contributed by atoms with E-state index in [9.17, 15) is 24.0 Å². The van der Waals surface area contributed by atoms with Gasteiger partial charge in [0.1, 0.15) is 34.9 Å². The van der Waals surface area contributed by atoms with Crippen molar-refractivity contribution in [2.45, 2.75) is 65.3 Å². The molecule has 0 unspecified atom stereocenters. The Morgan fingerprint density at radius 3 is 2.14 bits per heavy atom. The number of nitrogens with zero attached hydrogens (tertiary/aromatic N) is 1. The first-order valence-corrected chi connectivity index (χ1v) is 13.3. The Morgan fingerprint density at radius 2 is 1.57 bits per heavy atom. The van der Waals surface area contributed by atoms with E-state index in [1.165, 1.54) is 30.7 Å². The number of rotatable bonds is 7. The van der Waals surface area contributed by atoms with Crippen LogP contribution in [0.25, 0.3) is 22.1 Å². The van der Waals surface area contributed by atoms with E-state index < -0.39 is 59.9 Å². The lowest BCUT2D eigenvalue weighted by molar-refractivity contribution is -0.268. The van der Waals surface area contributed by atoms with Crippen molar-refractivity contribution in [3.8, 4) is 5.75 Å². The van der Waals surface area contributed by atoms with Crippen molar-refractivity contribution < 1.29 is 52.0 Å². The van der Waals surface area contributed by atoms with Crippen LogP contribution in [-0.2, 0) is 42.9 Å². The summed E-state index contributed by atoms with van der Waals surface area (Å²) in [4.78, 5) is 61.5. The lowest BCUT2D eigenvalue weighted by Gasteiger charge is -2.44. The van der Waals surface area contributed by atoms with Gasteiger partial charge >= 0.3 is 23.9 Å². The van der Waals surface area contributed by atoms with Crippen molar-refractivity contribution in [3.05, 3.63) is 38.1 Å². The first-order chi connectivity index (χ1) is 19.7. The van der Waals surface area contributed by atoms with E-state index >= 15 is 0 Å². The fourth-order valence-electron chi connectivity index (χ4n) is 4.90. The van der Waals surface area contributed by atoms with Crippen molar-refractivity contribution in [3.63, 3.8) is 0 Å². The molecule has 0 radical (unpaired) electrons. The quantitative estimate of drug-likeness (QED) is 0.213. The van der Waals surface area contributed by atoms with Gasteiger partial charge < -0.3 is 32.8 Å². The highest BCUT2D eigenvalue weighted by Gasteiger charge is 2.52. The number of hydrogen-bond donors (Lipinski definition) is 0. The molecule has 226 valence electrons. The van der Waals surface area contributed by atoms with Crippen LogP contribution < -0.4 is 10.2 Å². The first-order valence-electron chi connectivity index (χ1n) is 12.6. The number of fused-ring (bicyclic) bond motifs is 2. The molecule has 13 nitrogen and oxygen atoms in total. The molecule has 1 fully saturated rings. The van der Waals surface area contributed by atoms with Gasteiger partial charge in [0, 0.05) is 34.8 Å². The molecule has 0 saturated carbocycles. The van der Waals surface area contributed by atoms with Crippen molar-refractivity contribution >= 4 is 69.1 Å². The van der Waals surface area contributed by atoms with Gasteiger partial charge in [0.05, 0.1) is 10.4 Å². The minimum absolute atomic E-state index is 0.0149. The van der Waals surface area contributed by atoms with Gasteiger partial charge in [0.25, 0.3) is 0 Å². The van der Waals surface area contributed by atoms with E-state index in [-0.39, 0.29) is 44.6 Å². The molecule has 3 heterocycles. The Labute approximate surface area is 248 Å². The first kappa shape index (κ1) is 31.3. The molecule has 0 amide bonds. The molecule has 15 heteroatoms. The lowest BCUT2D eigenvalue weighted by Crippen LogP contribution is -2.60. The monoisotopic (exact) mass is 627 g/mol. The third-order valence-electron chi connectivity index (χ3n) is 6.42. The number of benzene rings is 1. The molecule has 1 aromatic carbocycles. The number of esters is 4. The van der Waals surface area contributed by atoms with E-state index in [1.807, 2.05) is 0 Å². The molecular formula is C27H27Cl2NO12. The highest BCUT2D eigenvalue weighted by atomic mass is 35.5. The minimum Gasteiger partial charge on any atom is -0.463 e. The van der Waals surface area contributed by atoms with Crippen LogP contribution in [0.2, 0.25) is 10.2 Å². The summed E-state index contributed by atoms with van der Waals surface area (Å²) in [5.41, 5.74) is -0.273. The van der Waals surface area contributed by atoms with Crippen LogP contribution in [0.15, 0.2) is 21.3 Å². The van der Waals surface area contributed by atoms with E-state index in [0.29, 0.717) is 5.56 Å². The van der Waals surface area contributed by atoms with Gasteiger partial charge in [-0.25, -0.2) is 0 Å². The van der Waals surface area contributed by atoms with E-state index in [0.717, 1.165) is 20.8 Å². The zero-order chi connectivity index (χ0) is 31.0. The Kier molecular flexibility index (Phi) is 9.16. The molecule has 1 aliphatic heterocycles. The summed E-state index contributed by atoms with van der Waals surface area (Å²) in [7, 11) is 1.31. The molecule has 1 aliphatic rings. The number of aromatic nitrogens is 1. The van der Waals surface area contributed by atoms with Crippen LogP contribution in [0, 0.1) is 6.92 Å². The highest BCUT2D eigenvalue weighted by molar-refractivity contribution is 6.33. The predicted octanol–water partition coefficient (Wildman–Crippen LogP) is 3.63. The maximum Gasteiger partial charge on any atom is 0.308 e. The molecule has 0 aliphatic carbocycles. The molecule has 3 aromatic rings. The third-order valence-corrected chi connectivity index (χ3v) is 6.99. The maximum absolute atomic E-state index is 13.8. The van der Waals surface area contributed by atoms with Crippen LogP contribution in [0.4, 0.5) is 0 Å². The number of aryl methyl sites for hydroxylation is 1. The normalized spacial score (nSPS) is 22.1. The number of ether oxygens (including phenoxy) is 6. The molecule has 0 spiro atoms. The number of halogens is 2. The van der Waals surface area contributed by atoms with Crippen molar-refractivity contribution in [1.82, 2.24) is 4.57 Å². The number of carbonyl (C=O) groups is 4. The van der Waals surface area contributed by atoms with Gasteiger partial charge in [-0.2, -0.15) is 0 Å². The second-order valence-electron chi connectivity index (χ2n) is 9.51. The van der Waals surface area contributed by atoms with Crippen molar-refractivity contribution in [2.75, 3.05) is 13.7 Å². The second kappa shape index (κ2) is 12.3. The van der Waals surface area contributed by atoms with E-state index in [4.69, 9.17) is 56.0 Å². The summed E-state index contributed by atoms with van der Waals surface area (Å²) >= 11 is 13.0.